The van der Waals surface area contributed by atoms with Crippen molar-refractivity contribution in [3.05, 3.63) is 40.7 Å². The van der Waals surface area contributed by atoms with Crippen molar-refractivity contribution in [3.8, 4) is 0 Å². The summed E-state index contributed by atoms with van der Waals surface area (Å²) in [6.45, 7) is 4.67. The lowest BCUT2D eigenvalue weighted by atomic mass is 10.1. The largest absolute Gasteiger partial charge is 0.324 e. The van der Waals surface area contributed by atoms with E-state index in [1.807, 2.05) is 11.6 Å². The zero-order valence-corrected chi connectivity index (χ0v) is 11.8. The standard InChI is InChI=1S/C13H18N4S/c1-9-4-10(2)6-11(5-9)8-18-13-16-15-12(7-14)17(13)3/h4-6H,7-8,14H2,1-3H3. The van der Waals surface area contributed by atoms with Gasteiger partial charge >= 0.3 is 0 Å². The van der Waals surface area contributed by atoms with Gasteiger partial charge in [0.1, 0.15) is 5.82 Å². The van der Waals surface area contributed by atoms with E-state index < -0.39 is 0 Å². The number of rotatable bonds is 4. The summed E-state index contributed by atoms with van der Waals surface area (Å²) in [7, 11) is 1.95. The Hall–Kier alpha value is -1.33. The third-order valence-electron chi connectivity index (χ3n) is 2.76. The molecule has 0 radical (unpaired) electrons. The molecule has 0 aliphatic rings. The number of benzene rings is 1. The molecule has 0 bridgehead atoms. The van der Waals surface area contributed by atoms with E-state index >= 15 is 0 Å². The molecule has 0 aliphatic carbocycles. The molecule has 0 spiro atoms. The Kier molecular flexibility index (Phi) is 4.04. The van der Waals surface area contributed by atoms with Crippen LogP contribution in [0.2, 0.25) is 0 Å². The normalized spacial score (nSPS) is 10.9. The molecule has 5 heteroatoms. The van der Waals surface area contributed by atoms with E-state index in [-0.39, 0.29) is 0 Å². The van der Waals surface area contributed by atoms with Gasteiger partial charge in [-0.3, -0.25) is 0 Å². The summed E-state index contributed by atoms with van der Waals surface area (Å²) in [6.07, 6.45) is 0. The number of nitrogens with zero attached hydrogens (tertiary/aromatic N) is 3. The average molecular weight is 262 g/mol. The van der Waals surface area contributed by atoms with Crippen molar-refractivity contribution >= 4 is 11.8 Å². The number of aromatic nitrogens is 3. The molecule has 0 saturated carbocycles. The second-order valence-corrected chi connectivity index (χ2v) is 5.39. The Morgan fingerprint density at radius 2 is 1.83 bits per heavy atom. The highest BCUT2D eigenvalue weighted by Gasteiger charge is 2.08. The van der Waals surface area contributed by atoms with Crippen LogP contribution in [-0.2, 0) is 19.3 Å². The molecule has 0 saturated heterocycles. The SMILES string of the molecule is Cc1cc(C)cc(CSc2nnc(CN)n2C)c1. The lowest BCUT2D eigenvalue weighted by molar-refractivity contribution is 0.734. The van der Waals surface area contributed by atoms with Crippen molar-refractivity contribution in [2.24, 2.45) is 12.8 Å². The van der Waals surface area contributed by atoms with Gasteiger partial charge in [0.15, 0.2) is 5.16 Å². The first kappa shape index (κ1) is 13.1. The van der Waals surface area contributed by atoms with Crippen molar-refractivity contribution in [3.63, 3.8) is 0 Å². The quantitative estimate of drug-likeness (QED) is 0.858. The molecule has 2 N–H and O–H groups in total. The van der Waals surface area contributed by atoms with Gasteiger partial charge in [-0.05, 0) is 19.4 Å². The lowest BCUT2D eigenvalue weighted by Gasteiger charge is -2.05. The number of thioether (sulfide) groups is 1. The molecule has 0 atom stereocenters. The summed E-state index contributed by atoms with van der Waals surface area (Å²) in [4.78, 5) is 0. The number of hydrogen-bond acceptors (Lipinski definition) is 4. The first-order valence-electron chi connectivity index (χ1n) is 5.88. The molecule has 18 heavy (non-hydrogen) atoms. The predicted octanol–water partition coefficient (Wildman–Crippen LogP) is 2.18. The highest BCUT2D eigenvalue weighted by atomic mass is 32.2. The second kappa shape index (κ2) is 5.54. The zero-order chi connectivity index (χ0) is 13.1. The number of nitrogens with two attached hydrogens (primary N) is 1. The highest BCUT2D eigenvalue weighted by Crippen LogP contribution is 2.22. The van der Waals surface area contributed by atoms with Gasteiger partial charge < -0.3 is 10.3 Å². The molecular formula is C13H18N4S. The van der Waals surface area contributed by atoms with Crippen molar-refractivity contribution < 1.29 is 0 Å². The number of aryl methyl sites for hydroxylation is 2. The Labute approximate surface area is 112 Å². The van der Waals surface area contributed by atoms with Crippen LogP contribution in [0, 0.1) is 13.8 Å². The molecule has 96 valence electrons. The van der Waals surface area contributed by atoms with Crippen LogP contribution in [0.1, 0.15) is 22.5 Å². The maximum atomic E-state index is 5.58. The monoisotopic (exact) mass is 262 g/mol. The molecule has 0 fully saturated rings. The van der Waals surface area contributed by atoms with Crippen LogP contribution in [-0.4, -0.2) is 14.8 Å². The van der Waals surface area contributed by atoms with Crippen LogP contribution in [0.25, 0.3) is 0 Å². The third kappa shape index (κ3) is 2.91. The van der Waals surface area contributed by atoms with E-state index in [9.17, 15) is 0 Å². The first-order chi connectivity index (χ1) is 8.60. The Bertz CT molecular complexity index is 528. The lowest BCUT2D eigenvalue weighted by Crippen LogP contribution is -2.05. The second-order valence-electron chi connectivity index (χ2n) is 4.45. The van der Waals surface area contributed by atoms with Crippen LogP contribution in [0.15, 0.2) is 23.4 Å². The Morgan fingerprint density at radius 1 is 1.17 bits per heavy atom. The maximum absolute atomic E-state index is 5.58. The fourth-order valence-corrected chi connectivity index (χ4v) is 2.81. The van der Waals surface area contributed by atoms with E-state index in [1.54, 1.807) is 11.8 Å². The minimum atomic E-state index is 0.424. The van der Waals surface area contributed by atoms with Crippen molar-refractivity contribution in [1.29, 1.82) is 0 Å². The molecule has 1 heterocycles. The fraction of sp³-hybridized carbons (Fsp3) is 0.385. The summed E-state index contributed by atoms with van der Waals surface area (Å²) >= 11 is 1.69. The highest BCUT2D eigenvalue weighted by molar-refractivity contribution is 7.98. The molecule has 0 unspecified atom stereocenters. The van der Waals surface area contributed by atoms with Crippen molar-refractivity contribution in [1.82, 2.24) is 14.8 Å². The third-order valence-corrected chi connectivity index (χ3v) is 3.85. The summed E-state index contributed by atoms with van der Waals surface area (Å²) < 4.78 is 1.95. The molecule has 4 nitrogen and oxygen atoms in total. The van der Waals surface area contributed by atoms with Gasteiger partial charge in [-0.1, -0.05) is 41.1 Å². The molecule has 1 aromatic carbocycles. The van der Waals surface area contributed by atoms with Gasteiger partial charge in [-0.25, -0.2) is 0 Å². The summed E-state index contributed by atoms with van der Waals surface area (Å²) in [5, 5.41) is 9.10. The molecule has 2 aromatic rings. The van der Waals surface area contributed by atoms with Gasteiger partial charge in [0.25, 0.3) is 0 Å². The van der Waals surface area contributed by atoms with Crippen LogP contribution < -0.4 is 5.73 Å². The van der Waals surface area contributed by atoms with Gasteiger partial charge in [-0.2, -0.15) is 0 Å². The van der Waals surface area contributed by atoms with Crippen LogP contribution >= 0.6 is 11.8 Å². The average Bonchev–Trinajstić information content (AvgIpc) is 2.66. The summed E-state index contributed by atoms with van der Waals surface area (Å²) in [6, 6.07) is 6.60. The van der Waals surface area contributed by atoms with Gasteiger partial charge in [0.05, 0.1) is 6.54 Å². The van der Waals surface area contributed by atoms with E-state index in [0.717, 1.165) is 16.7 Å². The summed E-state index contributed by atoms with van der Waals surface area (Å²) in [5.74, 6) is 1.72. The van der Waals surface area contributed by atoms with Crippen LogP contribution in [0.4, 0.5) is 0 Å². The van der Waals surface area contributed by atoms with Gasteiger partial charge in [0, 0.05) is 12.8 Å². The zero-order valence-electron chi connectivity index (χ0n) is 11.0. The van der Waals surface area contributed by atoms with Crippen LogP contribution in [0.3, 0.4) is 0 Å². The maximum Gasteiger partial charge on any atom is 0.191 e. The minimum absolute atomic E-state index is 0.424. The van der Waals surface area contributed by atoms with Crippen molar-refractivity contribution in [2.45, 2.75) is 31.3 Å². The van der Waals surface area contributed by atoms with Crippen molar-refractivity contribution in [2.75, 3.05) is 0 Å². The predicted molar refractivity (Wildman–Crippen MR) is 74.4 cm³/mol. The smallest absolute Gasteiger partial charge is 0.191 e. The van der Waals surface area contributed by atoms with E-state index in [1.165, 1.54) is 16.7 Å². The fourth-order valence-electron chi connectivity index (χ4n) is 1.95. The Morgan fingerprint density at radius 3 is 2.39 bits per heavy atom. The Balaban J connectivity index is 2.09. The molecule has 0 aliphatic heterocycles. The van der Waals surface area contributed by atoms with E-state index in [2.05, 4.69) is 42.2 Å². The van der Waals surface area contributed by atoms with Gasteiger partial charge in [-0.15, -0.1) is 10.2 Å². The molecule has 2 rings (SSSR count). The summed E-state index contributed by atoms with van der Waals surface area (Å²) in [5.41, 5.74) is 9.49. The topological polar surface area (TPSA) is 56.7 Å². The molecule has 0 amide bonds. The van der Waals surface area contributed by atoms with E-state index in [4.69, 9.17) is 5.73 Å². The minimum Gasteiger partial charge on any atom is -0.324 e. The number of hydrogen-bond donors (Lipinski definition) is 1. The van der Waals surface area contributed by atoms with E-state index in [0.29, 0.717) is 6.54 Å². The first-order valence-corrected chi connectivity index (χ1v) is 6.87. The van der Waals surface area contributed by atoms with Crippen LogP contribution in [0.5, 0.6) is 0 Å². The molecular weight excluding hydrogens is 244 g/mol. The molecule has 1 aromatic heterocycles. The van der Waals surface area contributed by atoms with Gasteiger partial charge in [0.2, 0.25) is 0 Å².